The van der Waals surface area contributed by atoms with Crippen molar-refractivity contribution >= 4 is 228 Å². The number of hydrogen-bond donors (Lipinski definition) is 0. The zero-order valence-corrected chi connectivity index (χ0v) is 98.4. The van der Waals surface area contributed by atoms with Gasteiger partial charge in [0.25, 0.3) is 23.6 Å². The summed E-state index contributed by atoms with van der Waals surface area (Å²) >= 11 is 12.7. The molecule has 20 heteroatoms. The topological polar surface area (TPSA) is 112 Å². The SMILES string of the molecule is CCCCCCC(CCCC)COc1c2c[c]([Sn]([CH3])([CH3])[CH3])sc2cc2c(OCC(CCCC)CCCCCC)c3c[c]([Sn]([CH3])([CH3])[CH3])sc3cc12.CCCCCCCCN1C(=O)c2c(Br)sc(Br)c2C1=O.CCCCCCCCN1C(=O)c2c(C)sc(-c3cc4c(OCC(CCCC)CCCCCC)c5cc6sc(C)cc6c(OCC(CCCC)CCCCCC)c5cc4s3)c2C1=O. The largest absolute Gasteiger partial charge is 0.492 e. The summed E-state index contributed by atoms with van der Waals surface area (Å²) in [5, 5.41) is 9.76. The molecule has 0 saturated heterocycles. The van der Waals surface area contributed by atoms with Crippen molar-refractivity contribution in [1.82, 2.24) is 9.80 Å². The number of carbonyl (C=O) groups is 4. The van der Waals surface area contributed by atoms with Gasteiger partial charge in [0.2, 0.25) is 0 Å². The third kappa shape index (κ3) is 30.4. The van der Waals surface area contributed by atoms with Gasteiger partial charge < -0.3 is 9.47 Å². The molecule has 12 rings (SSSR count). The molecule has 6 aromatic heterocycles. The van der Waals surface area contributed by atoms with E-state index >= 15 is 0 Å². The first-order valence-electron chi connectivity index (χ1n) is 52.5. The molecular weight excluding hydrogens is 2090 g/mol. The Morgan fingerprint density at radius 2 is 0.561 bits per heavy atom. The minimum absolute atomic E-state index is 0.119. The van der Waals surface area contributed by atoms with Crippen molar-refractivity contribution in [2.45, 2.75) is 395 Å². The van der Waals surface area contributed by atoms with E-state index in [4.69, 9.17) is 18.9 Å². The van der Waals surface area contributed by atoms with Crippen LogP contribution in [0.15, 0.2) is 56.1 Å². The Labute approximate surface area is 846 Å². The molecule has 4 atom stereocenters. The van der Waals surface area contributed by atoms with Crippen LogP contribution >= 0.6 is 99.9 Å². The van der Waals surface area contributed by atoms with Crippen molar-refractivity contribution in [3.8, 4) is 32.8 Å². The molecule has 10 nitrogen and oxygen atoms in total. The summed E-state index contributed by atoms with van der Waals surface area (Å²) in [4.78, 5) is 75.0. The summed E-state index contributed by atoms with van der Waals surface area (Å²) in [7, 11) is 0. The second kappa shape index (κ2) is 56.4. The smallest absolute Gasteiger partial charge is 0.263 e. The van der Waals surface area contributed by atoms with Gasteiger partial charge in [0.15, 0.2) is 0 Å². The van der Waals surface area contributed by atoms with Crippen molar-refractivity contribution in [2.24, 2.45) is 23.7 Å². The maximum atomic E-state index is 14.2. The van der Waals surface area contributed by atoms with E-state index < -0.39 is 36.8 Å². The van der Waals surface area contributed by atoms with E-state index in [9.17, 15) is 19.2 Å². The average Bonchev–Trinajstić information content (AvgIpc) is 1.59. The van der Waals surface area contributed by atoms with Crippen LogP contribution in [-0.2, 0) is 0 Å². The Morgan fingerprint density at radius 1 is 0.288 bits per heavy atom. The number of thiophene rings is 6. The third-order valence-electron chi connectivity index (χ3n) is 27.3. The van der Waals surface area contributed by atoms with E-state index in [1.54, 1.807) is 28.5 Å². The molecule has 8 heterocycles. The Balaban J connectivity index is 0.000000230. The summed E-state index contributed by atoms with van der Waals surface area (Å²) in [5.41, 5.74) is 2.27. The maximum absolute atomic E-state index is 14.2. The normalized spacial score (nSPS) is 14.0. The number of ether oxygens (including phenoxy) is 4. The van der Waals surface area contributed by atoms with Crippen molar-refractivity contribution in [3.63, 3.8) is 0 Å². The second-order valence-electron chi connectivity index (χ2n) is 40.7. The molecule has 0 N–H and O–H groups in total. The number of unbranched alkanes of at least 4 members (excludes halogenated alkanes) is 26. The number of aryl methyl sites for hydroxylation is 2. The number of hydrogen-bond acceptors (Lipinski definition) is 14. The molecule has 0 saturated carbocycles. The van der Waals surface area contributed by atoms with Crippen LogP contribution in [0.4, 0.5) is 0 Å². The third-order valence-corrected chi connectivity index (χ3v) is 54.2. The molecule has 4 unspecified atom stereocenters. The number of amides is 4. The van der Waals surface area contributed by atoms with E-state index in [2.05, 4.69) is 186 Å². The Morgan fingerprint density at radius 3 is 0.894 bits per heavy atom. The van der Waals surface area contributed by atoms with Crippen LogP contribution in [0.3, 0.4) is 0 Å². The molecule has 0 spiro atoms. The number of carbonyl (C=O) groups excluding carboxylic acids is 4. The van der Waals surface area contributed by atoms with Gasteiger partial charge in [-0.1, -0.05) is 197 Å². The van der Waals surface area contributed by atoms with E-state index in [1.807, 2.05) is 40.9 Å². The first-order chi connectivity index (χ1) is 63.7. The summed E-state index contributed by atoms with van der Waals surface area (Å²) in [5.74, 6) is 5.88. The number of fused-ring (bicyclic) bond motifs is 8. The fourth-order valence-electron chi connectivity index (χ4n) is 19.2. The minimum Gasteiger partial charge on any atom is -0.492 e. The zero-order chi connectivity index (χ0) is 95.0. The average molecular weight is 2260 g/mol. The van der Waals surface area contributed by atoms with Crippen LogP contribution in [0.1, 0.15) is 403 Å². The molecular formula is C112H166Br2N2O8S6Sn2. The van der Waals surface area contributed by atoms with Gasteiger partial charge in [-0.05, 0) is 120 Å². The Kier molecular flexibility index (Phi) is 47.2. The van der Waals surface area contributed by atoms with E-state index in [1.165, 1.54) is 317 Å². The molecule has 2 aliphatic heterocycles. The standard InChI is InChI=1S/C54H77NO4S3.C38H54O2S2.C14H17Br2NO2S.6CH3.2Sn/c1-8-13-18-21-22-25-30-55-53(56)48-38(7)61-52(49(48)54(55)57)47-34-44-46(62-47)33-42-41(51(44)59-36-40(27-17-12-5)29-24-20-15-10-3)32-45-43(31-37(6)60-45)50(42)58-35-39(26-16-11-4)28-23-19-14-9-2;1-5-9-13-15-19-29(17-11-7-3)27-39-37-31-21-23-41-35(31)26-34-33(37)25-36-32(22-24-42-36)38(34)40-28-30(18-12-8-4)20-16-14-10-6-2;1-2-3-4-5-6-7-8-17-13(18)9-10(14(17)19)12(16)20-11(9)15;;;;;;;;/h31-34,39-40H,8-30,35-36H2,1-7H3;21-22,25-26,29-30H,5-20,27-28H2,1-4H3;2-8H2,1H3;6*1H3;;. The fourth-order valence-corrected chi connectivity index (χ4v) is 38.3. The van der Waals surface area contributed by atoms with E-state index in [-0.39, 0.29) is 23.6 Å². The van der Waals surface area contributed by atoms with Gasteiger partial charge in [-0.25, -0.2) is 0 Å². The number of rotatable bonds is 61. The van der Waals surface area contributed by atoms with Gasteiger partial charge in [0.05, 0.1) is 47.9 Å². The van der Waals surface area contributed by atoms with Crippen molar-refractivity contribution in [2.75, 3.05) is 39.5 Å². The molecule has 0 bridgehead atoms. The second-order valence-corrected chi connectivity index (χ2v) is 81.0. The number of halogens is 2. The predicted molar refractivity (Wildman–Crippen MR) is 594 cm³/mol. The maximum Gasteiger partial charge on any atom is 0.263 e. The minimum atomic E-state index is -2.32. The van der Waals surface area contributed by atoms with Crippen LogP contribution in [0, 0.1) is 37.5 Å². The molecule has 0 aliphatic carbocycles. The molecule has 10 aromatic rings. The quantitative estimate of drug-likeness (QED) is 0.0211. The van der Waals surface area contributed by atoms with Crippen LogP contribution in [-0.4, -0.2) is 110 Å². The zero-order valence-electron chi connectivity index (χ0n) is 84.6. The van der Waals surface area contributed by atoms with Gasteiger partial charge in [0, 0.05) is 58.7 Å². The number of benzene rings is 4. The molecule has 0 radical (unpaired) electrons. The molecule has 730 valence electrons. The molecule has 4 aromatic carbocycles. The number of imide groups is 2. The van der Waals surface area contributed by atoms with Crippen molar-refractivity contribution in [3.05, 3.63) is 88.1 Å². The first-order valence-corrected chi connectivity index (χ1v) is 78.9. The van der Waals surface area contributed by atoms with Crippen molar-refractivity contribution < 1.29 is 38.1 Å². The van der Waals surface area contributed by atoms with Crippen LogP contribution < -0.4 is 24.7 Å². The Bertz CT molecular complexity index is 5130. The molecule has 132 heavy (non-hydrogen) atoms. The monoisotopic (exact) mass is 2260 g/mol. The van der Waals surface area contributed by atoms with Crippen molar-refractivity contribution in [1.29, 1.82) is 0 Å². The molecule has 0 fully saturated rings. The van der Waals surface area contributed by atoms with Gasteiger partial charge in [-0.3, -0.25) is 29.0 Å². The van der Waals surface area contributed by atoms with Gasteiger partial charge in [-0.2, -0.15) is 0 Å². The first kappa shape index (κ1) is 111. The summed E-state index contributed by atoms with van der Waals surface area (Å²) in [6, 6.07) is 19.4. The summed E-state index contributed by atoms with van der Waals surface area (Å²) in [6.07, 6.45) is 54.2. The molecule has 2 aliphatic rings. The summed E-state index contributed by atoms with van der Waals surface area (Å²) in [6.45, 7) is 31.2. The fraction of sp³-hybridized carbons (Fsp3) is 0.643. The van der Waals surface area contributed by atoms with Gasteiger partial charge >= 0.3 is 313 Å². The molecule has 4 amide bonds. The van der Waals surface area contributed by atoms with Gasteiger partial charge in [-0.15, -0.1) is 45.3 Å². The van der Waals surface area contributed by atoms with Crippen LogP contribution in [0.5, 0.6) is 23.0 Å². The van der Waals surface area contributed by atoms with E-state index in [0.717, 1.165) is 118 Å². The summed E-state index contributed by atoms with van der Waals surface area (Å²) < 4.78 is 38.7. The predicted octanol–water partition coefficient (Wildman–Crippen LogP) is 37.8. The number of nitrogens with zero attached hydrogens (tertiary/aromatic N) is 2. The Hall–Kier alpha value is -3.32. The van der Waals surface area contributed by atoms with Crippen LogP contribution in [0.25, 0.3) is 71.6 Å². The van der Waals surface area contributed by atoms with E-state index in [0.29, 0.717) is 65.6 Å². The van der Waals surface area contributed by atoms with Crippen LogP contribution in [0.2, 0.25) is 29.6 Å². The van der Waals surface area contributed by atoms with Gasteiger partial charge in [0.1, 0.15) is 11.5 Å².